The molecule has 2 aromatic carbocycles. The molecular formula is C27H33N3O4. The van der Waals surface area contributed by atoms with Crippen LogP contribution in [0.4, 0.5) is 0 Å². The molecule has 7 nitrogen and oxygen atoms in total. The van der Waals surface area contributed by atoms with Crippen LogP contribution in [0.2, 0.25) is 0 Å². The molecule has 7 heteroatoms. The maximum atomic E-state index is 12.9. The van der Waals surface area contributed by atoms with E-state index in [0.717, 1.165) is 47.2 Å². The van der Waals surface area contributed by atoms with Gasteiger partial charge in [0, 0.05) is 36.1 Å². The van der Waals surface area contributed by atoms with Gasteiger partial charge in [-0.3, -0.25) is 14.5 Å². The molecule has 1 amide bonds. The van der Waals surface area contributed by atoms with Crippen LogP contribution in [0, 0.1) is 5.92 Å². The van der Waals surface area contributed by atoms with Gasteiger partial charge in [0.1, 0.15) is 5.75 Å². The number of hydrogen-bond acceptors (Lipinski definition) is 5. The van der Waals surface area contributed by atoms with Crippen molar-refractivity contribution in [2.75, 3.05) is 39.9 Å². The first-order chi connectivity index (χ1) is 16.6. The monoisotopic (exact) mass is 463 g/mol. The number of amides is 1. The Morgan fingerprint density at radius 1 is 1.18 bits per heavy atom. The van der Waals surface area contributed by atoms with E-state index < -0.39 is 0 Å². The molecule has 0 aliphatic carbocycles. The van der Waals surface area contributed by atoms with E-state index in [1.807, 2.05) is 49.5 Å². The van der Waals surface area contributed by atoms with Gasteiger partial charge in [0.05, 0.1) is 26.2 Å². The Bertz CT molecular complexity index is 1110. The molecule has 0 bridgehead atoms. The van der Waals surface area contributed by atoms with Crippen LogP contribution >= 0.6 is 0 Å². The van der Waals surface area contributed by atoms with Crippen LogP contribution in [-0.4, -0.2) is 61.7 Å². The zero-order valence-electron chi connectivity index (χ0n) is 19.9. The first-order valence-corrected chi connectivity index (χ1v) is 11.9. The summed E-state index contributed by atoms with van der Waals surface area (Å²) in [6.45, 7) is 4.33. The predicted molar refractivity (Wildman–Crippen MR) is 132 cm³/mol. The largest absolute Gasteiger partial charge is 0.497 e. The number of aromatic amines is 1. The number of carbonyl (C=O) groups excluding carboxylic acids is 2. The summed E-state index contributed by atoms with van der Waals surface area (Å²) in [5, 5.41) is 4.28. The topological polar surface area (TPSA) is 83.7 Å². The Kier molecular flexibility index (Phi) is 7.85. The summed E-state index contributed by atoms with van der Waals surface area (Å²) in [5.41, 5.74) is 3.31. The Balaban J connectivity index is 1.45. The molecule has 0 saturated carbocycles. The Morgan fingerprint density at radius 3 is 2.74 bits per heavy atom. The van der Waals surface area contributed by atoms with E-state index in [4.69, 9.17) is 9.47 Å². The predicted octanol–water partition coefficient (Wildman–Crippen LogP) is 3.70. The number of para-hydroxylation sites is 1. The number of likely N-dealkylation sites (tertiary alicyclic amines) is 1. The molecule has 0 spiro atoms. The van der Waals surface area contributed by atoms with E-state index in [-0.39, 0.29) is 30.3 Å². The van der Waals surface area contributed by atoms with Crippen molar-refractivity contribution in [1.29, 1.82) is 0 Å². The third-order valence-electron chi connectivity index (χ3n) is 6.51. The Hall–Kier alpha value is -3.32. The molecular weight excluding hydrogens is 430 g/mol. The van der Waals surface area contributed by atoms with Gasteiger partial charge >= 0.3 is 5.97 Å². The van der Waals surface area contributed by atoms with Crippen LogP contribution in [-0.2, 0) is 14.3 Å². The average Bonchev–Trinajstić information content (AvgIpc) is 3.29. The van der Waals surface area contributed by atoms with Crippen LogP contribution in [0.5, 0.6) is 5.75 Å². The van der Waals surface area contributed by atoms with E-state index in [1.165, 1.54) is 0 Å². The molecule has 3 aromatic rings. The van der Waals surface area contributed by atoms with Crippen molar-refractivity contribution in [3.8, 4) is 5.75 Å². The second-order valence-corrected chi connectivity index (χ2v) is 8.75. The summed E-state index contributed by atoms with van der Waals surface area (Å²) in [7, 11) is 1.65. The molecule has 2 atom stereocenters. The summed E-state index contributed by atoms with van der Waals surface area (Å²) >= 11 is 0. The lowest BCUT2D eigenvalue weighted by Gasteiger charge is -2.31. The number of nitrogens with zero attached hydrogens (tertiary/aromatic N) is 1. The van der Waals surface area contributed by atoms with Gasteiger partial charge in [-0.05, 0) is 55.6 Å². The normalized spacial score (nSPS) is 17.3. The van der Waals surface area contributed by atoms with E-state index in [9.17, 15) is 9.59 Å². The van der Waals surface area contributed by atoms with Gasteiger partial charge < -0.3 is 19.8 Å². The number of esters is 1. The Morgan fingerprint density at radius 2 is 1.97 bits per heavy atom. The molecule has 2 unspecified atom stereocenters. The van der Waals surface area contributed by atoms with Crippen molar-refractivity contribution in [3.05, 3.63) is 65.9 Å². The highest BCUT2D eigenvalue weighted by Gasteiger charge is 2.28. The van der Waals surface area contributed by atoms with Crippen molar-refractivity contribution < 1.29 is 19.1 Å². The van der Waals surface area contributed by atoms with Crippen molar-refractivity contribution in [2.45, 2.75) is 25.7 Å². The average molecular weight is 464 g/mol. The minimum absolute atomic E-state index is 0.0142. The number of ether oxygens (including phenoxy) is 2. The van der Waals surface area contributed by atoms with Crippen LogP contribution < -0.4 is 10.1 Å². The van der Waals surface area contributed by atoms with Gasteiger partial charge in [-0.1, -0.05) is 30.3 Å². The summed E-state index contributed by atoms with van der Waals surface area (Å²) in [4.78, 5) is 30.4. The lowest BCUT2D eigenvalue weighted by Crippen LogP contribution is -2.45. The van der Waals surface area contributed by atoms with Crippen molar-refractivity contribution in [3.63, 3.8) is 0 Å². The number of H-pyrrole nitrogens is 1. The fourth-order valence-electron chi connectivity index (χ4n) is 4.75. The zero-order chi connectivity index (χ0) is 23.9. The highest BCUT2D eigenvalue weighted by molar-refractivity contribution is 5.84. The SMILES string of the molecule is CCOC(=O)C1CCCN(CC(=O)NCC(c2ccc(OC)cc2)c2c[nH]c3ccccc23)C1. The number of piperidine rings is 1. The molecule has 1 aliphatic heterocycles. The van der Waals surface area contributed by atoms with Crippen molar-refractivity contribution >= 4 is 22.8 Å². The maximum Gasteiger partial charge on any atom is 0.310 e. The van der Waals surface area contributed by atoms with Crippen molar-refractivity contribution in [1.82, 2.24) is 15.2 Å². The first-order valence-electron chi connectivity index (χ1n) is 11.9. The molecule has 4 rings (SSSR count). The minimum Gasteiger partial charge on any atom is -0.497 e. The van der Waals surface area contributed by atoms with Gasteiger partial charge in [-0.25, -0.2) is 0 Å². The molecule has 34 heavy (non-hydrogen) atoms. The fraction of sp³-hybridized carbons (Fsp3) is 0.407. The van der Waals surface area contributed by atoms with E-state index >= 15 is 0 Å². The number of carbonyl (C=O) groups is 2. The van der Waals surface area contributed by atoms with Crippen LogP contribution in [0.3, 0.4) is 0 Å². The van der Waals surface area contributed by atoms with Gasteiger partial charge in [0.2, 0.25) is 5.91 Å². The molecule has 1 aliphatic rings. The highest BCUT2D eigenvalue weighted by Crippen LogP contribution is 2.31. The molecule has 1 fully saturated rings. The summed E-state index contributed by atoms with van der Waals surface area (Å²) in [6, 6.07) is 16.2. The highest BCUT2D eigenvalue weighted by atomic mass is 16.5. The second-order valence-electron chi connectivity index (χ2n) is 8.75. The quantitative estimate of drug-likeness (QED) is 0.473. The Labute approximate surface area is 200 Å². The summed E-state index contributed by atoms with van der Waals surface area (Å²) < 4.78 is 10.5. The van der Waals surface area contributed by atoms with Gasteiger partial charge in [-0.2, -0.15) is 0 Å². The number of hydrogen-bond donors (Lipinski definition) is 2. The molecule has 2 N–H and O–H groups in total. The number of methoxy groups -OCH3 is 1. The third kappa shape index (κ3) is 5.59. The zero-order valence-corrected chi connectivity index (χ0v) is 19.9. The molecule has 0 radical (unpaired) electrons. The number of fused-ring (bicyclic) bond motifs is 1. The van der Waals surface area contributed by atoms with Crippen LogP contribution in [0.15, 0.2) is 54.7 Å². The van der Waals surface area contributed by atoms with Crippen LogP contribution in [0.25, 0.3) is 10.9 Å². The molecule has 2 heterocycles. The summed E-state index contributed by atoms with van der Waals surface area (Å²) in [6.07, 6.45) is 3.73. The van der Waals surface area contributed by atoms with Crippen LogP contribution in [0.1, 0.15) is 36.8 Å². The number of aromatic nitrogens is 1. The standard InChI is InChI=1S/C27H33N3O4/c1-3-34-27(32)20-7-6-14-30(17-20)18-26(31)29-15-23(19-10-12-21(33-2)13-11-19)24-16-28-25-9-5-4-8-22(24)25/h4-5,8-13,16,20,23,28H,3,6-7,14-15,17-18H2,1-2H3,(H,29,31). The number of rotatable bonds is 9. The smallest absolute Gasteiger partial charge is 0.310 e. The van der Waals surface area contributed by atoms with E-state index in [1.54, 1.807) is 7.11 Å². The summed E-state index contributed by atoms with van der Waals surface area (Å²) in [5.74, 6) is 0.431. The molecule has 180 valence electrons. The minimum atomic E-state index is -0.161. The molecule has 1 saturated heterocycles. The lowest BCUT2D eigenvalue weighted by atomic mass is 9.90. The van der Waals surface area contributed by atoms with Gasteiger partial charge in [-0.15, -0.1) is 0 Å². The van der Waals surface area contributed by atoms with Gasteiger partial charge in [0.15, 0.2) is 0 Å². The van der Waals surface area contributed by atoms with Crippen molar-refractivity contribution in [2.24, 2.45) is 5.92 Å². The maximum absolute atomic E-state index is 12.9. The number of benzene rings is 2. The third-order valence-corrected chi connectivity index (χ3v) is 6.51. The fourth-order valence-corrected chi connectivity index (χ4v) is 4.75. The van der Waals surface area contributed by atoms with Gasteiger partial charge in [0.25, 0.3) is 0 Å². The molecule has 1 aromatic heterocycles. The second kappa shape index (κ2) is 11.2. The van der Waals surface area contributed by atoms with E-state index in [2.05, 4.69) is 27.3 Å². The first kappa shape index (κ1) is 23.8. The number of nitrogens with one attached hydrogen (secondary N) is 2. The lowest BCUT2D eigenvalue weighted by molar-refractivity contribution is -0.150. The van der Waals surface area contributed by atoms with E-state index in [0.29, 0.717) is 19.7 Å².